The number of ether oxygens (including phenoxy) is 2. The van der Waals surface area contributed by atoms with Crippen LogP contribution in [0.15, 0.2) is 23.2 Å². The topological polar surface area (TPSA) is 68.9 Å². The summed E-state index contributed by atoms with van der Waals surface area (Å²) >= 11 is 0. The van der Waals surface area contributed by atoms with Crippen LogP contribution in [0, 0.1) is 5.92 Å². The first-order valence-electron chi connectivity index (χ1n) is 7.82. The Labute approximate surface area is 134 Å². The van der Waals surface area contributed by atoms with E-state index >= 15 is 0 Å². The van der Waals surface area contributed by atoms with Crippen molar-refractivity contribution >= 4 is 5.96 Å². The molecular formula is C16H23F2N3O2. The van der Waals surface area contributed by atoms with Gasteiger partial charge in [0, 0.05) is 6.54 Å². The van der Waals surface area contributed by atoms with Crippen LogP contribution < -0.4 is 20.5 Å². The Hall–Kier alpha value is -2.05. The van der Waals surface area contributed by atoms with Crippen LogP contribution in [0.25, 0.3) is 0 Å². The van der Waals surface area contributed by atoms with Crippen LogP contribution >= 0.6 is 0 Å². The van der Waals surface area contributed by atoms with Crippen molar-refractivity contribution in [1.82, 2.24) is 5.32 Å². The van der Waals surface area contributed by atoms with Crippen LogP contribution in [-0.4, -0.2) is 25.7 Å². The second-order valence-electron chi connectivity index (χ2n) is 5.47. The lowest BCUT2D eigenvalue weighted by molar-refractivity contribution is -0.0514. The number of nitrogens with zero attached hydrogens (tertiary/aromatic N) is 1. The highest BCUT2D eigenvalue weighted by Crippen LogP contribution is 2.30. The Morgan fingerprint density at radius 3 is 2.78 bits per heavy atom. The van der Waals surface area contributed by atoms with E-state index in [0.717, 1.165) is 12.1 Å². The standard InChI is InChI=1S/C16H23F2N3O2/c1-2-22-14-8-12(6-7-13(14)23-15(17)18)10-21-16(19)20-9-11-4-3-5-11/h6-8,11,15H,2-5,9-10H2,1H3,(H3,19,20,21). The fraction of sp³-hybridized carbons (Fsp3) is 0.562. The molecular weight excluding hydrogens is 304 g/mol. The Balaban J connectivity index is 1.94. The first kappa shape index (κ1) is 17.3. The molecule has 0 aromatic heterocycles. The highest BCUT2D eigenvalue weighted by atomic mass is 19.3. The van der Waals surface area contributed by atoms with Gasteiger partial charge in [-0.05, 0) is 43.4 Å². The van der Waals surface area contributed by atoms with Gasteiger partial charge in [0.2, 0.25) is 0 Å². The van der Waals surface area contributed by atoms with Gasteiger partial charge in [0.05, 0.1) is 13.2 Å². The molecule has 1 fully saturated rings. The van der Waals surface area contributed by atoms with Crippen LogP contribution in [0.4, 0.5) is 8.78 Å². The number of nitrogens with two attached hydrogens (primary N) is 1. The molecule has 5 nitrogen and oxygen atoms in total. The lowest BCUT2D eigenvalue weighted by atomic mass is 9.85. The summed E-state index contributed by atoms with van der Waals surface area (Å²) in [4.78, 5) is 4.26. The van der Waals surface area contributed by atoms with Crippen LogP contribution in [0.2, 0.25) is 0 Å². The second-order valence-corrected chi connectivity index (χ2v) is 5.47. The largest absolute Gasteiger partial charge is 0.490 e. The van der Waals surface area contributed by atoms with E-state index in [1.54, 1.807) is 19.1 Å². The summed E-state index contributed by atoms with van der Waals surface area (Å²) in [6, 6.07) is 4.77. The monoisotopic (exact) mass is 327 g/mol. The van der Waals surface area contributed by atoms with E-state index in [9.17, 15) is 8.78 Å². The number of alkyl halides is 2. The minimum absolute atomic E-state index is 0.0191. The SMILES string of the molecule is CCOc1cc(CN=C(N)NCC2CCC2)ccc1OC(F)F. The molecule has 128 valence electrons. The summed E-state index contributed by atoms with van der Waals surface area (Å²) in [6.45, 7) is 0.445. The first-order valence-corrected chi connectivity index (χ1v) is 7.82. The first-order chi connectivity index (χ1) is 11.1. The van der Waals surface area contributed by atoms with Gasteiger partial charge in [-0.2, -0.15) is 8.78 Å². The Morgan fingerprint density at radius 1 is 1.39 bits per heavy atom. The molecule has 0 saturated heterocycles. The summed E-state index contributed by atoms with van der Waals surface area (Å²) in [5.74, 6) is 1.38. The maximum Gasteiger partial charge on any atom is 0.387 e. The summed E-state index contributed by atoms with van der Waals surface area (Å²) in [5, 5.41) is 3.10. The molecule has 1 saturated carbocycles. The zero-order valence-electron chi connectivity index (χ0n) is 13.2. The predicted octanol–water partition coefficient (Wildman–Crippen LogP) is 2.89. The molecule has 0 unspecified atom stereocenters. The van der Waals surface area contributed by atoms with Gasteiger partial charge in [-0.25, -0.2) is 4.99 Å². The van der Waals surface area contributed by atoms with Crippen molar-refractivity contribution in [3.05, 3.63) is 23.8 Å². The van der Waals surface area contributed by atoms with Crippen LogP contribution in [-0.2, 0) is 6.54 Å². The molecule has 1 aromatic rings. The normalized spacial score (nSPS) is 15.4. The number of hydrogen-bond donors (Lipinski definition) is 2. The van der Waals surface area contributed by atoms with E-state index in [1.165, 1.54) is 25.3 Å². The Kier molecular flexibility index (Phi) is 6.43. The quantitative estimate of drug-likeness (QED) is 0.569. The molecule has 7 heteroatoms. The highest BCUT2D eigenvalue weighted by Gasteiger charge is 2.16. The summed E-state index contributed by atoms with van der Waals surface area (Å²) in [6.07, 6.45) is 3.77. The number of hydrogen-bond acceptors (Lipinski definition) is 3. The number of rotatable bonds is 8. The minimum Gasteiger partial charge on any atom is -0.490 e. The van der Waals surface area contributed by atoms with Crippen molar-refractivity contribution in [3.63, 3.8) is 0 Å². The average Bonchev–Trinajstić information content (AvgIpc) is 2.45. The molecule has 2 rings (SSSR count). The molecule has 0 spiro atoms. The lowest BCUT2D eigenvalue weighted by Crippen LogP contribution is -2.37. The van der Waals surface area contributed by atoms with E-state index in [1.807, 2.05) is 0 Å². The Morgan fingerprint density at radius 2 is 2.17 bits per heavy atom. The molecule has 0 bridgehead atoms. The van der Waals surface area contributed by atoms with Gasteiger partial charge in [-0.3, -0.25) is 0 Å². The van der Waals surface area contributed by atoms with Crippen LogP contribution in [0.1, 0.15) is 31.7 Å². The van der Waals surface area contributed by atoms with Gasteiger partial charge < -0.3 is 20.5 Å². The number of guanidine groups is 1. The van der Waals surface area contributed by atoms with Gasteiger partial charge in [-0.15, -0.1) is 0 Å². The van der Waals surface area contributed by atoms with Crippen molar-refractivity contribution < 1.29 is 18.3 Å². The van der Waals surface area contributed by atoms with Crippen molar-refractivity contribution in [1.29, 1.82) is 0 Å². The number of halogens is 2. The third-order valence-corrected chi connectivity index (χ3v) is 3.75. The highest BCUT2D eigenvalue weighted by molar-refractivity contribution is 5.77. The molecule has 1 aliphatic rings. The van der Waals surface area contributed by atoms with Gasteiger partial charge in [0.15, 0.2) is 17.5 Å². The molecule has 1 aromatic carbocycles. The third-order valence-electron chi connectivity index (χ3n) is 3.75. The minimum atomic E-state index is -2.88. The summed E-state index contributed by atoms with van der Waals surface area (Å²) < 4.78 is 34.5. The van der Waals surface area contributed by atoms with E-state index < -0.39 is 6.61 Å². The zero-order valence-corrected chi connectivity index (χ0v) is 13.2. The zero-order chi connectivity index (χ0) is 16.7. The number of aliphatic imine (C=N–C) groups is 1. The van der Waals surface area contributed by atoms with E-state index in [4.69, 9.17) is 10.5 Å². The van der Waals surface area contributed by atoms with Gasteiger partial charge in [0.1, 0.15) is 0 Å². The fourth-order valence-corrected chi connectivity index (χ4v) is 2.29. The fourth-order valence-electron chi connectivity index (χ4n) is 2.29. The predicted molar refractivity (Wildman–Crippen MR) is 84.9 cm³/mol. The van der Waals surface area contributed by atoms with Gasteiger partial charge in [-0.1, -0.05) is 12.5 Å². The molecule has 0 aliphatic heterocycles. The molecule has 23 heavy (non-hydrogen) atoms. The lowest BCUT2D eigenvalue weighted by Gasteiger charge is -2.25. The molecule has 0 amide bonds. The summed E-state index contributed by atoms with van der Waals surface area (Å²) in [7, 11) is 0. The molecule has 0 atom stereocenters. The van der Waals surface area contributed by atoms with Crippen molar-refractivity contribution in [3.8, 4) is 11.5 Å². The molecule has 0 radical (unpaired) electrons. The number of nitrogens with one attached hydrogen (secondary N) is 1. The van der Waals surface area contributed by atoms with Crippen molar-refractivity contribution in [2.24, 2.45) is 16.6 Å². The van der Waals surface area contributed by atoms with Crippen molar-refractivity contribution in [2.75, 3.05) is 13.2 Å². The van der Waals surface area contributed by atoms with Crippen molar-refractivity contribution in [2.45, 2.75) is 39.3 Å². The maximum atomic E-state index is 12.4. The van der Waals surface area contributed by atoms with Crippen LogP contribution in [0.3, 0.4) is 0 Å². The van der Waals surface area contributed by atoms with E-state index in [0.29, 0.717) is 25.0 Å². The smallest absolute Gasteiger partial charge is 0.387 e. The molecule has 3 N–H and O–H groups in total. The maximum absolute atomic E-state index is 12.4. The Bertz CT molecular complexity index is 534. The number of benzene rings is 1. The van der Waals surface area contributed by atoms with E-state index in [-0.39, 0.29) is 11.5 Å². The molecule has 1 aliphatic carbocycles. The van der Waals surface area contributed by atoms with Crippen LogP contribution in [0.5, 0.6) is 11.5 Å². The second kappa shape index (κ2) is 8.55. The van der Waals surface area contributed by atoms with E-state index in [2.05, 4.69) is 15.0 Å². The average molecular weight is 327 g/mol. The third kappa shape index (κ3) is 5.58. The molecule has 0 heterocycles. The summed E-state index contributed by atoms with van der Waals surface area (Å²) in [5.41, 5.74) is 6.63. The van der Waals surface area contributed by atoms with Gasteiger partial charge >= 0.3 is 6.61 Å². The van der Waals surface area contributed by atoms with Gasteiger partial charge in [0.25, 0.3) is 0 Å².